The molecule has 2 aromatic rings. The molecule has 0 N–H and O–H groups in total. The molecular formula is C18H23N3. The SMILES string of the molecule is CCN(CC)c1ccc(/C=N/N(C)c2ccccc2)cc1. The summed E-state index contributed by atoms with van der Waals surface area (Å²) < 4.78 is 0. The molecule has 0 aliphatic heterocycles. The average Bonchev–Trinajstić information content (AvgIpc) is 2.55. The molecule has 0 fully saturated rings. The van der Waals surface area contributed by atoms with Crippen LogP contribution in [-0.4, -0.2) is 26.4 Å². The summed E-state index contributed by atoms with van der Waals surface area (Å²) >= 11 is 0. The van der Waals surface area contributed by atoms with E-state index in [1.807, 2.05) is 48.6 Å². The van der Waals surface area contributed by atoms with E-state index in [9.17, 15) is 0 Å². The van der Waals surface area contributed by atoms with Gasteiger partial charge in [0.15, 0.2) is 0 Å². The largest absolute Gasteiger partial charge is 0.372 e. The lowest BCUT2D eigenvalue weighted by atomic mass is 10.2. The molecule has 21 heavy (non-hydrogen) atoms. The minimum Gasteiger partial charge on any atom is -0.372 e. The highest BCUT2D eigenvalue weighted by atomic mass is 15.4. The van der Waals surface area contributed by atoms with Crippen molar-refractivity contribution in [3.05, 3.63) is 60.2 Å². The Bertz CT molecular complexity index is 557. The molecule has 110 valence electrons. The number of hydrazone groups is 1. The zero-order chi connectivity index (χ0) is 15.1. The number of benzene rings is 2. The minimum absolute atomic E-state index is 1.03. The fourth-order valence-corrected chi connectivity index (χ4v) is 2.22. The molecule has 0 amide bonds. The molecule has 0 saturated carbocycles. The first-order chi connectivity index (χ1) is 10.2. The Morgan fingerprint density at radius 1 is 0.857 bits per heavy atom. The summed E-state index contributed by atoms with van der Waals surface area (Å²) in [5.74, 6) is 0. The predicted octanol–water partition coefficient (Wildman–Crippen LogP) is 4.00. The smallest absolute Gasteiger partial charge is 0.0590 e. The van der Waals surface area contributed by atoms with E-state index in [1.54, 1.807) is 0 Å². The zero-order valence-corrected chi connectivity index (χ0v) is 13.0. The molecule has 0 heterocycles. The summed E-state index contributed by atoms with van der Waals surface area (Å²) in [6, 6.07) is 18.6. The van der Waals surface area contributed by atoms with Gasteiger partial charge in [-0.15, -0.1) is 0 Å². The molecule has 0 aromatic heterocycles. The molecule has 0 unspecified atom stereocenters. The number of hydrogen-bond donors (Lipinski definition) is 0. The van der Waals surface area contributed by atoms with Gasteiger partial charge in [-0.05, 0) is 43.7 Å². The monoisotopic (exact) mass is 281 g/mol. The van der Waals surface area contributed by atoms with Crippen molar-refractivity contribution in [3.63, 3.8) is 0 Å². The van der Waals surface area contributed by atoms with E-state index in [0.29, 0.717) is 0 Å². The molecule has 0 aliphatic carbocycles. The highest BCUT2D eigenvalue weighted by molar-refractivity contribution is 5.81. The highest BCUT2D eigenvalue weighted by Crippen LogP contribution is 2.15. The second kappa shape index (κ2) is 7.48. The fourth-order valence-electron chi connectivity index (χ4n) is 2.22. The van der Waals surface area contributed by atoms with Gasteiger partial charge in [0.2, 0.25) is 0 Å². The van der Waals surface area contributed by atoms with Crippen LogP contribution in [-0.2, 0) is 0 Å². The number of hydrogen-bond acceptors (Lipinski definition) is 3. The van der Waals surface area contributed by atoms with Gasteiger partial charge in [0, 0.05) is 25.8 Å². The molecule has 0 spiro atoms. The molecule has 0 radical (unpaired) electrons. The van der Waals surface area contributed by atoms with Crippen molar-refractivity contribution < 1.29 is 0 Å². The molecule has 2 aromatic carbocycles. The van der Waals surface area contributed by atoms with Crippen molar-refractivity contribution in [2.24, 2.45) is 5.10 Å². The van der Waals surface area contributed by atoms with Gasteiger partial charge in [-0.25, -0.2) is 0 Å². The number of rotatable bonds is 6. The van der Waals surface area contributed by atoms with Crippen LogP contribution >= 0.6 is 0 Å². The Balaban J connectivity index is 2.04. The van der Waals surface area contributed by atoms with E-state index in [2.05, 4.69) is 48.1 Å². The first-order valence-corrected chi connectivity index (χ1v) is 7.42. The molecule has 2 rings (SSSR count). The summed E-state index contributed by atoms with van der Waals surface area (Å²) in [7, 11) is 1.95. The molecule has 0 saturated heterocycles. The third-order valence-electron chi connectivity index (χ3n) is 3.53. The lowest BCUT2D eigenvalue weighted by molar-refractivity contribution is 0.866. The van der Waals surface area contributed by atoms with E-state index >= 15 is 0 Å². The normalized spacial score (nSPS) is 10.8. The first kappa shape index (κ1) is 15.1. The van der Waals surface area contributed by atoms with E-state index < -0.39 is 0 Å². The van der Waals surface area contributed by atoms with Crippen molar-refractivity contribution >= 4 is 17.6 Å². The summed E-state index contributed by atoms with van der Waals surface area (Å²) in [6.45, 7) is 6.41. The maximum absolute atomic E-state index is 4.47. The number of anilines is 2. The lowest BCUT2D eigenvalue weighted by Gasteiger charge is -2.20. The van der Waals surface area contributed by atoms with Crippen LogP contribution in [0, 0.1) is 0 Å². The van der Waals surface area contributed by atoms with Crippen LogP contribution in [0.25, 0.3) is 0 Å². The maximum atomic E-state index is 4.47. The summed E-state index contributed by atoms with van der Waals surface area (Å²) in [6.07, 6.45) is 1.89. The Labute approximate surface area is 127 Å². The zero-order valence-electron chi connectivity index (χ0n) is 13.0. The van der Waals surface area contributed by atoms with Crippen molar-refractivity contribution in [1.29, 1.82) is 0 Å². The third kappa shape index (κ3) is 4.09. The first-order valence-electron chi connectivity index (χ1n) is 7.42. The summed E-state index contributed by atoms with van der Waals surface area (Å²) in [5, 5.41) is 6.35. The van der Waals surface area contributed by atoms with E-state index in [0.717, 1.165) is 24.3 Å². The number of para-hydroxylation sites is 1. The van der Waals surface area contributed by atoms with Crippen LogP contribution in [0.15, 0.2) is 59.7 Å². The van der Waals surface area contributed by atoms with Crippen LogP contribution in [0.2, 0.25) is 0 Å². The van der Waals surface area contributed by atoms with Crippen molar-refractivity contribution in [1.82, 2.24) is 0 Å². The number of nitrogens with zero attached hydrogens (tertiary/aromatic N) is 3. The van der Waals surface area contributed by atoms with Crippen LogP contribution in [0.3, 0.4) is 0 Å². The quantitative estimate of drug-likeness (QED) is 0.588. The minimum atomic E-state index is 1.03. The highest BCUT2D eigenvalue weighted by Gasteiger charge is 2.00. The van der Waals surface area contributed by atoms with Crippen LogP contribution in [0.1, 0.15) is 19.4 Å². The Kier molecular flexibility index (Phi) is 5.38. The standard InChI is InChI=1S/C18H23N3/c1-4-21(5-2)18-13-11-16(12-14-18)15-19-20(3)17-9-7-6-8-10-17/h6-15H,4-5H2,1-3H3/b19-15+. The van der Waals surface area contributed by atoms with Crippen molar-refractivity contribution in [2.45, 2.75) is 13.8 Å². The van der Waals surface area contributed by atoms with Gasteiger partial charge >= 0.3 is 0 Å². The van der Waals surface area contributed by atoms with Crippen LogP contribution < -0.4 is 9.91 Å². The summed E-state index contributed by atoms with van der Waals surface area (Å²) in [4.78, 5) is 2.33. The fraction of sp³-hybridized carbons (Fsp3) is 0.278. The average molecular weight is 281 g/mol. The van der Waals surface area contributed by atoms with Crippen LogP contribution in [0.4, 0.5) is 11.4 Å². The Morgan fingerprint density at radius 2 is 1.48 bits per heavy atom. The topological polar surface area (TPSA) is 18.8 Å². The third-order valence-corrected chi connectivity index (χ3v) is 3.53. The van der Waals surface area contributed by atoms with Crippen molar-refractivity contribution in [2.75, 3.05) is 30.0 Å². The molecule has 3 heteroatoms. The van der Waals surface area contributed by atoms with Gasteiger partial charge in [-0.2, -0.15) is 5.10 Å². The van der Waals surface area contributed by atoms with E-state index in [-0.39, 0.29) is 0 Å². The molecule has 0 bridgehead atoms. The van der Waals surface area contributed by atoms with Gasteiger partial charge in [0.25, 0.3) is 0 Å². The predicted molar refractivity (Wildman–Crippen MR) is 92.4 cm³/mol. The van der Waals surface area contributed by atoms with Crippen LogP contribution in [0.5, 0.6) is 0 Å². The molecule has 0 aliphatic rings. The summed E-state index contributed by atoms with van der Waals surface area (Å²) in [5.41, 5.74) is 3.44. The van der Waals surface area contributed by atoms with Gasteiger partial charge in [0.05, 0.1) is 11.9 Å². The lowest BCUT2D eigenvalue weighted by Crippen LogP contribution is -2.21. The van der Waals surface area contributed by atoms with E-state index in [1.165, 1.54) is 5.69 Å². The molecule has 3 nitrogen and oxygen atoms in total. The van der Waals surface area contributed by atoms with E-state index in [4.69, 9.17) is 0 Å². The van der Waals surface area contributed by atoms with Gasteiger partial charge < -0.3 is 4.90 Å². The van der Waals surface area contributed by atoms with Gasteiger partial charge in [-0.1, -0.05) is 30.3 Å². The Hall–Kier alpha value is -2.29. The van der Waals surface area contributed by atoms with Crippen molar-refractivity contribution in [3.8, 4) is 0 Å². The molecular weight excluding hydrogens is 258 g/mol. The second-order valence-corrected chi connectivity index (χ2v) is 4.87. The Morgan fingerprint density at radius 3 is 2.05 bits per heavy atom. The van der Waals surface area contributed by atoms with Gasteiger partial charge in [-0.3, -0.25) is 5.01 Å². The molecule has 0 atom stereocenters. The maximum Gasteiger partial charge on any atom is 0.0590 e. The second-order valence-electron chi connectivity index (χ2n) is 4.87. The van der Waals surface area contributed by atoms with Gasteiger partial charge in [0.1, 0.15) is 0 Å².